The number of nitriles is 1. The van der Waals surface area contributed by atoms with E-state index in [9.17, 15) is 5.26 Å². The number of benzene rings is 2. The molecule has 0 spiro atoms. The summed E-state index contributed by atoms with van der Waals surface area (Å²) >= 11 is 5.92. The first-order valence-electron chi connectivity index (χ1n) is 11.0. The maximum absolute atomic E-state index is 9.92. The van der Waals surface area contributed by atoms with Crippen LogP contribution in [0.4, 0.5) is 0 Å². The van der Waals surface area contributed by atoms with E-state index in [1.165, 1.54) is 5.56 Å². The zero-order valence-corrected chi connectivity index (χ0v) is 18.2. The van der Waals surface area contributed by atoms with E-state index in [-0.39, 0.29) is 5.41 Å². The van der Waals surface area contributed by atoms with E-state index in [4.69, 9.17) is 16.3 Å². The Balaban J connectivity index is 1.20. The van der Waals surface area contributed by atoms with Gasteiger partial charge in [-0.05, 0) is 55.5 Å². The molecule has 1 aliphatic heterocycles. The van der Waals surface area contributed by atoms with Crippen LogP contribution in [-0.2, 0) is 5.41 Å². The van der Waals surface area contributed by atoms with E-state index in [1.807, 2.05) is 30.3 Å². The number of hydrogen-bond donors (Lipinski definition) is 0. The molecule has 1 heterocycles. The van der Waals surface area contributed by atoms with Gasteiger partial charge in [0.05, 0.1) is 11.5 Å². The van der Waals surface area contributed by atoms with Gasteiger partial charge in [0.1, 0.15) is 12.4 Å². The lowest BCUT2D eigenvalue weighted by atomic mass is 9.69. The topological polar surface area (TPSA) is 39.5 Å². The highest BCUT2D eigenvalue weighted by Crippen LogP contribution is 2.40. The second kappa shape index (κ2) is 9.83. The fraction of sp³-hybridized carbons (Fsp3) is 0.480. The fourth-order valence-corrected chi connectivity index (χ4v) is 4.98. The summed E-state index contributed by atoms with van der Waals surface area (Å²) in [6, 6.07) is 21.2. The second-order valence-electron chi connectivity index (χ2n) is 8.47. The number of ether oxygens (including phenoxy) is 1. The van der Waals surface area contributed by atoms with Crippen molar-refractivity contribution >= 4 is 11.6 Å². The Kier molecular flexibility index (Phi) is 6.94. The molecule has 4 nitrogen and oxygen atoms in total. The third-order valence-corrected chi connectivity index (χ3v) is 7.01. The van der Waals surface area contributed by atoms with Gasteiger partial charge in [-0.15, -0.1) is 0 Å². The molecule has 30 heavy (non-hydrogen) atoms. The second-order valence-corrected chi connectivity index (χ2v) is 8.91. The smallest absolute Gasteiger partial charge is 0.119 e. The predicted molar refractivity (Wildman–Crippen MR) is 121 cm³/mol. The van der Waals surface area contributed by atoms with Crippen LogP contribution in [0, 0.1) is 11.3 Å². The monoisotopic (exact) mass is 423 g/mol. The van der Waals surface area contributed by atoms with Crippen molar-refractivity contribution in [1.82, 2.24) is 9.80 Å². The van der Waals surface area contributed by atoms with E-state index in [0.717, 1.165) is 69.2 Å². The lowest BCUT2D eigenvalue weighted by molar-refractivity contribution is 0.0647. The van der Waals surface area contributed by atoms with Crippen molar-refractivity contribution in [3.63, 3.8) is 0 Å². The number of hydrogen-bond acceptors (Lipinski definition) is 4. The molecule has 0 aromatic heterocycles. The van der Waals surface area contributed by atoms with Gasteiger partial charge in [-0.1, -0.05) is 41.9 Å². The maximum Gasteiger partial charge on any atom is 0.119 e. The van der Waals surface area contributed by atoms with E-state index >= 15 is 0 Å². The van der Waals surface area contributed by atoms with Crippen molar-refractivity contribution in [2.75, 3.05) is 39.3 Å². The molecule has 1 saturated heterocycles. The summed E-state index contributed by atoms with van der Waals surface area (Å²) in [6.07, 6.45) is 4.16. The summed E-state index contributed by atoms with van der Waals surface area (Å²) < 4.78 is 5.84. The Morgan fingerprint density at radius 2 is 1.63 bits per heavy atom. The summed E-state index contributed by atoms with van der Waals surface area (Å²) in [5.41, 5.74) is 0.898. The molecule has 0 radical (unpaired) electrons. The van der Waals surface area contributed by atoms with Crippen LogP contribution in [0.25, 0.3) is 0 Å². The van der Waals surface area contributed by atoms with Crippen molar-refractivity contribution in [3.05, 3.63) is 65.2 Å². The Morgan fingerprint density at radius 1 is 0.967 bits per heavy atom. The summed E-state index contributed by atoms with van der Waals surface area (Å²) in [7, 11) is 0. The maximum atomic E-state index is 9.92. The SMILES string of the molecule is N#C[C@]1(c2ccccc2)CC[C@H](N2CCN(CCOc3ccc(Cl)cc3)CC2)CC1. The van der Waals surface area contributed by atoms with Crippen LogP contribution in [-0.4, -0.2) is 55.2 Å². The molecule has 1 aliphatic carbocycles. The van der Waals surface area contributed by atoms with E-state index in [0.29, 0.717) is 12.6 Å². The van der Waals surface area contributed by atoms with Crippen LogP contribution >= 0.6 is 11.6 Å². The zero-order chi connectivity index (χ0) is 20.8. The Labute approximate surface area is 185 Å². The quantitative estimate of drug-likeness (QED) is 0.672. The molecule has 5 heteroatoms. The van der Waals surface area contributed by atoms with Gasteiger partial charge in [0.15, 0.2) is 0 Å². The molecule has 2 aromatic carbocycles. The van der Waals surface area contributed by atoms with Crippen molar-refractivity contribution in [3.8, 4) is 11.8 Å². The van der Waals surface area contributed by atoms with Gasteiger partial charge in [0.25, 0.3) is 0 Å². The van der Waals surface area contributed by atoms with Gasteiger partial charge in [-0.2, -0.15) is 5.26 Å². The molecule has 0 bridgehead atoms. The summed E-state index contributed by atoms with van der Waals surface area (Å²) in [6.45, 7) is 6.04. The highest BCUT2D eigenvalue weighted by Gasteiger charge is 2.39. The fourth-order valence-electron chi connectivity index (χ4n) is 4.86. The number of nitrogens with zero attached hydrogens (tertiary/aromatic N) is 3. The first kappa shape index (κ1) is 21.2. The first-order chi connectivity index (χ1) is 14.7. The number of rotatable bonds is 6. The highest BCUT2D eigenvalue weighted by atomic mass is 35.5. The average Bonchev–Trinajstić information content (AvgIpc) is 2.81. The normalized spacial score (nSPS) is 25.5. The largest absolute Gasteiger partial charge is 0.492 e. The summed E-state index contributed by atoms with van der Waals surface area (Å²) in [4.78, 5) is 5.13. The minimum atomic E-state index is -0.293. The third-order valence-electron chi connectivity index (χ3n) is 6.76. The van der Waals surface area contributed by atoms with E-state index in [1.54, 1.807) is 0 Å². The van der Waals surface area contributed by atoms with Crippen LogP contribution in [0.15, 0.2) is 54.6 Å². The molecule has 4 rings (SSSR count). The van der Waals surface area contributed by atoms with Crippen LogP contribution < -0.4 is 4.74 Å². The van der Waals surface area contributed by atoms with Crippen LogP contribution in [0.3, 0.4) is 0 Å². The molecule has 2 fully saturated rings. The van der Waals surface area contributed by atoms with Crippen molar-refractivity contribution < 1.29 is 4.74 Å². The van der Waals surface area contributed by atoms with Crippen LogP contribution in [0.1, 0.15) is 31.2 Å². The molecule has 1 saturated carbocycles. The third kappa shape index (κ3) is 4.98. The first-order valence-corrected chi connectivity index (χ1v) is 11.4. The van der Waals surface area contributed by atoms with Crippen LogP contribution in [0.5, 0.6) is 5.75 Å². The van der Waals surface area contributed by atoms with E-state index in [2.05, 4.69) is 40.1 Å². The molecule has 0 amide bonds. The predicted octanol–water partition coefficient (Wildman–Crippen LogP) is 4.74. The van der Waals surface area contributed by atoms with Gasteiger partial charge in [-0.25, -0.2) is 0 Å². The standard InChI is InChI=1S/C25H30ClN3O/c26-22-6-8-24(9-7-22)30-19-18-28-14-16-29(17-15-28)23-10-12-25(20-27,13-11-23)21-4-2-1-3-5-21/h1-9,23H,10-19H2/t23-,25-. The average molecular weight is 424 g/mol. The lowest BCUT2D eigenvalue weighted by Crippen LogP contribution is -2.52. The summed E-state index contributed by atoms with van der Waals surface area (Å²) in [5, 5.41) is 10.6. The Morgan fingerprint density at radius 3 is 2.27 bits per heavy atom. The molecule has 0 N–H and O–H groups in total. The molecule has 0 atom stereocenters. The molecule has 0 unspecified atom stereocenters. The molecule has 2 aliphatic rings. The van der Waals surface area contributed by atoms with Crippen molar-refractivity contribution in [2.45, 2.75) is 37.1 Å². The molecular formula is C25H30ClN3O. The van der Waals surface area contributed by atoms with Crippen molar-refractivity contribution in [2.24, 2.45) is 0 Å². The Hall–Kier alpha value is -2.06. The van der Waals surface area contributed by atoms with Gasteiger partial charge < -0.3 is 4.74 Å². The van der Waals surface area contributed by atoms with Gasteiger partial charge in [-0.3, -0.25) is 9.80 Å². The minimum Gasteiger partial charge on any atom is -0.492 e. The van der Waals surface area contributed by atoms with Gasteiger partial charge in [0.2, 0.25) is 0 Å². The zero-order valence-electron chi connectivity index (χ0n) is 17.5. The van der Waals surface area contributed by atoms with Crippen LogP contribution in [0.2, 0.25) is 5.02 Å². The molecule has 2 aromatic rings. The minimum absolute atomic E-state index is 0.293. The summed E-state index contributed by atoms with van der Waals surface area (Å²) in [5.74, 6) is 0.875. The number of halogens is 1. The van der Waals surface area contributed by atoms with E-state index < -0.39 is 0 Å². The Bertz CT molecular complexity index is 833. The van der Waals surface area contributed by atoms with Gasteiger partial charge in [0, 0.05) is 43.8 Å². The van der Waals surface area contributed by atoms with Crippen molar-refractivity contribution in [1.29, 1.82) is 5.26 Å². The van der Waals surface area contributed by atoms with Gasteiger partial charge >= 0.3 is 0 Å². The molecule has 158 valence electrons. The highest BCUT2D eigenvalue weighted by molar-refractivity contribution is 6.30. The number of piperazine rings is 1. The lowest BCUT2D eigenvalue weighted by Gasteiger charge is -2.44. The molecular weight excluding hydrogens is 394 g/mol.